The van der Waals surface area contributed by atoms with Crippen LogP contribution in [0.25, 0.3) is 0 Å². The van der Waals surface area contributed by atoms with Gasteiger partial charge in [-0.25, -0.2) is 0 Å². The molecule has 1 saturated carbocycles. The van der Waals surface area contributed by atoms with Crippen molar-refractivity contribution < 1.29 is 4.79 Å². The molecule has 4 heteroatoms. The van der Waals surface area contributed by atoms with Crippen molar-refractivity contribution in [1.29, 1.82) is 0 Å². The lowest BCUT2D eigenvalue weighted by molar-refractivity contribution is -0.138. The summed E-state index contributed by atoms with van der Waals surface area (Å²) < 4.78 is 1.05. The van der Waals surface area contributed by atoms with Gasteiger partial charge in [0.15, 0.2) is 0 Å². The summed E-state index contributed by atoms with van der Waals surface area (Å²) in [4.78, 5) is 14.7. The molecule has 1 aromatic rings. The predicted molar refractivity (Wildman–Crippen MR) is 85.2 cm³/mol. The Bertz CT molecular complexity index is 483. The van der Waals surface area contributed by atoms with E-state index in [1.54, 1.807) is 0 Å². The number of hydrogen-bond acceptors (Lipinski definition) is 2. The fourth-order valence-electron chi connectivity index (χ4n) is 2.52. The zero-order chi connectivity index (χ0) is 14.8. The molecule has 1 aliphatic rings. The van der Waals surface area contributed by atoms with E-state index in [-0.39, 0.29) is 5.91 Å². The van der Waals surface area contributed by atoms with Gasteiger partial charge in [-0.3, -0.25) is 4.79 Å². The third-order valence-electron chi connectivity index (χ3n) is 3.80. The molecular formula is C16H23BrN2O. The second-order valence-electron chi connectivity index (χ2n) is 5.92. The lowest BCUT2D eigenvalue weighted by atomic mass is 9.95. The second-order valence-corrected chi connectivity index (χ2v) is 6.78. The third-order valence-corrected chi connectivity index (χ3v) is 4.58. The van der Waals surface area contributed by atoms with Crippen molar-refractivity contribution in [3.8, 4) is 0 Å². The molecule has 1 atom stereocenters. The van der Waals surface area contributed by atoms with Crippen molar-refractivity contribution in [2.45, 2.75) is 57.7 Å². The number of rotatable bonds is 6. The maximum atomic E-state index is 12.7. The quantitative estimate of drug-likeness (QED) is 0.863. The van der Waals surface area contributed by atoms with Crippen LogP contribution in [-0.2, 0) is 11.3 Å². The summed E-state index contributed by atoms with van der Waals surface area (Å²) in [5, 5.41) is 0. The molecule has 110 valence electrons. The van der Waals surface area contributed by atoms with Crippen molar-refractivity contribution in [3.63, 3.8) is 0 Å². The highest BCUT2D eigenvalue weighted by Gasteiger charge is 2.39. The van der Waals surface area contributed by atoms with Gasteiger partial charge in [0.25, 0.3) is 0 Å². The van der Waals surface area contributed by atoms with Gasteiger partial charge in [-0.05, 0) is 37.8 Å². The molecule has 1 aromatic carbocycles. The van der Waals surface area contributed by atoms with Gasteiger partial charge in [0.2, 0.25) is 5.91 Å². The maximum Gasteiger partial charge on any atom is 0.242 e. The van der Waals surface area contributed by atoms with Gasteiger partial charge in [-0.15, -0.1) is 0 Å². The summed E-state index contributed by atoms with van der Waals surface area (Å²) in [6.07, 6.45) is 3.84. The maximum absolute atomic E-state index is 12.7. The molecule has 0 saturated heterocycles. The number of nitrogens with two attached hydrogens (primary N) is 1. The van der Waals surface area contributed by atoms with Crippen LogP contribution in [0.3, 0.4) is 0 Å². The van der Waals surface area contributed by atoms with Crippen LogP contribution >= 0.6 is 15.9 Å². The summed E-state index contributed by atoms with van der Waals surface area (Å²) in [6.45, 7) is 4.56. The van der Waals surface area contributed by atoms with Crippen LogP contribution in [0.5, 0.6) is 0 Å². The number of nitrogens with zero attached hydrogens (tertiary/aromatic N) is 1. The van der Waals surface area contributed by atoms with Gasteiger partial charge in [0.1, 0.15) is 0 Å². The van der Waals surface area contributed by atoms with Crippen LogP contribution in [0.2, 0.25) is 0 Å². The molecule has 0 heterocycles. The van der Waals surface area contributed by atoms with Crippen LogP contribution in [0.15, 0.2) is 28.7 Å². The Labute approximate surface area is 129 Å². The molecule has 2 rings (SSSR count). The van der Waals surface area contributed by atoms with E-state index >= 15 is 0 Å². The number of carbonyl (C=O) groups is 1. The molecule has 1 aliphatic carbocycles. The molecule has 20 heavy (non-hydrogen) atoms. The number of carbonyl (C=O) groups excluding carboxylic acids is 1. The van der Waals surface area contributed by atoms with Crippen molar-refractivity contribution in [1.82, 2.24) is 4.90 Å². The van der Waals surface area contributed by atoms with Crippen LogP contribution in [0.1, 0.15) is 45.1 Å². The predicted octanol–water partition coefficient (Wildman–Crippen LogP) is 3.46. The fraction of sp³-hybridized carbons (Fsp3) is 0.562. The standard InChI is InChI=1S/C16H23BrN2O/c1-3-10-16(2,18)15(20)19(13-8-9-13)11-12-6-4-5-7-14(12)17/h4-7,13H,3,8-11,18H2,1-2H3. The molecular weight excluding hydrogens is 316 g/mol. The SMILES string of the molecule is CCCC(C)(N)C(=O)N(Cc1ccccc1Br)C1CC1. The van der Waals surface area contributed by atoms with Crippen molar-refractivity contribution >= 4 is 21.8 Å². The zero-order valence-corrected chi connectivity index (χ0v) is 13.8. The third kappa shape index (κ3) is 3.61. The molecule has 1 unspecified atom stereocenters. The number of hydrogen-bond donors (Lipinski definition) is 1. The zero-order valence-electron chi connectivity index (χ0n) is 12.2. The molecule has 1 fully saturated rings. The lowest BCUT2D eigenvalue weighted by Crippen LogP contribution is -2.53. The molecule has 2 N–H and O–H groups in total. The van der Waals surface area contributed by atoms with E-state index in [2.05, 4.69) is 28.9 Å². The van der Waals surface area contributed by atoms with Crippen molar-refractivity contribution in [3.05, 3.63) is 34.3 Å². The van der Waals surface area contributed by atoms with E-state index in [0.29, 0.717) is 12.6 Å². The number of halogens is 1. The average molecular weight is 339 g/mol. The monoisotopic (exact) mass is 338 g/mol. The Balaban J connectivity index is 2.16. The summed E-state index contributed by atoms with van der Waals surface area (Å²) in [5.74, 6) is 0.0811. The highest BCUT2D eigenvalue weighted by atomic mass is 79.9. The first kappa shape index (κ1) is 15.5. The molecule has 0 aliphatic heterocycles. The summed E-state index contributed by atoms with van der Waals surface area (Å²) in [5.41, 5.74) is 6.61. The molecule has 0 bridgehead atoms. The van der Waals surface area contributed by atoms with E-state index in [9.17, 15) is 4.79 Å². The Morgan fingerprint density at radius 3 is 2.65 bits per heavy atom. The van der Waals surface area contributed by atoms with E-state index in [1.165, 1.54) is 0 Å². The minimum atomic E-state index is -0.751. The van der Waals surface area contributed by atoms with Gasteiger partial charge in [-0.2, -0.15) is 0 Å². The number of amides is 1. The first-order valence-corrected chi connectivity index (χ1v) is 8.08. The summed E-state index contributed by atoms with van der Waals surface area (Å²) in [6, 6.07) is 8.43. The van der Waals surface area contributed by atoms with E-state index in [1.807, 2.05) is 30.0 Å². The highest BCUT2D eigenvalue weighted by Crippen LogP contribution is 2.32. The largest absolute Gasteiger partial charge is 0.334 e. The van der Waals surface area contributed by atoms with Gasteiger partial charge < -0.3 is 10.6 Å². The topological polar surface area (TPSA) is 46.3 Å². The smallest absolute Gasteiger partial charge is 0.242 e. The molecule has 3 nitrogen and oxygen atoms in total. The molecule has 0 radical (unpaired) electrons. The van der Waals surface area contributed by atoms with E-state index in [4.69, 9.17) is 5.73 Å². The average Bonchev–Trinajstić information content (AvgIpc) is 3.21. The molecule has 0 aromatic heterocycles. The minimum Gasteiger partial charge on any atom is -0.334 e. The van der Waals surface area contributed by atoms with E-state index < -0.39 is 5.54 Å². The fourth-order valence-corrected chi connectivity index (χ4v) is 2.93. The molecule has 0 spiro atoms. The number of benzene rings is 1. The first-order chi connectivity index (χ1) is 9.45. The first-order valence-electron chi connectivity index (χ1n) is 7.29. The van der Waals surface area contributed by atoms with Crippen LogP contribution in [-0.4, -0.2) is 22.4 Å². The Kier molecular flexibility index (Phi) is 4.86. The van der Waals surface area contributed by atoms with Crippen molar-refractivity contribution in [2.75, 3.05) is 0 Å². The Hall–Kier alpha value is -0.870. The second kappa shape index (κ2) is 6.27. The highest BCUT2D eigenvalue weighted by molar-refractivity contribution is 9.10. The van der Waals surface area contributed by atoms with E-state index in [0.717, 1.165) is 35.7 Å². The van der Waals surface area contributed by atoms with Gasteiger partial charge in [0, 0.05) is 17.1 Å². The van der Waals surface area contributed by atoms with Gasteiger partial charge >= 0.3 is 0 Å². The minimum absolute atomic E-state index is 0.0811. The summed E-state index contributed by atoms with van der Waals surface area (Å²) >= 11 is 3.56. The Morgan fingerprint density at radius 1 is 1.45 bits per heavy atom. The molecule has 1 amide bonds. The van der Waals surface area contributed by atoms with Crippen LogP contribution < -0.4 is 5.73 Å². The van der Waals surface area contributed by atoms with Gasteiger partial charge in [-0.1, -0.05) is 47.5 Å². The van der Waals surface area contributed by atoms with Crippen molar-refractivity contribution in [2.24, 2.45) is 5.73 Å². The Morgan fingerprint density at radius 2 is 2.10 bits per heavy atom. The normalized spacial score (nSPS) is 17.6. The summed E-state index contributed by atoms with van der Waals surface area (Å²) in [7, 11) is 0. The van der Waals surface area contributed by atoms with Crippen LogP contribution in [0, 0.1) is 0 Å². The van der Waals surface area contributed by atoms with Gasteiger partial charge in [0.05, 0.1) is 5.54 Å². The lowest BCUT2D eigenvalue weighted by Gasteiger charge is -2.32. The van der Waals surface area contributed by atoms with Crippen LogP contribution in [0.4, 0.5) is 0 Å².